The smallest absolute Gasteiger partial charge is 0.335 e. The van der Waals surface area contributed by atoms with Crippen LogP contribution in [0.1, 0.15) is 25.3 Å². The van der Waals surface area contributed by atoms with Crippen molar-refractivity contribution in [3.63, 3.8) is 0 Å². The fourth-order valence-electron chi connectivity index (χ4n) is 3.53. The highest BCUT2D eigenvalue weighted by Gasteiger charge is 2.51. The molecule has 0 atom stereocenters. The molecule has 1 saturated heterocycles. The van der Waals surface area contributed by atoms with Gasteiger partial charge in [0.05, 0.1) is 11.8 Å². The first kappa shape index (κ1) is 19.5. The maximum atomic E-state index is 13.0. The summed E-state index contributed by atoms with van der Waals surface area (Å²) in [4.78, 5) is 24.9. The van der Waals surface area contributed by atoms with Crippen LogP contribution in [0.25, 0.3) is 0 Å². The lowest BCUT2D eigenvalue weighted by Crippen LogP contribution is -2.50. The largest absolute Gasteiger partial charge is 0.450 e. The normalized spacial score (nSPS) is 20.0. The Morgan fingerprint density at radius 2 is 1.85 bits per heavy atom. The first-order valence-corrected chi connectivity index (χ1v) is 10.4. The number of amides is 1. The minimum absolute atomic E-state index is 0.175. The number of carbonyl (C=O) groups excluding carboxylic acids is 2. The third-order valence-electron chi connectivity index (χ3n) is 5.02. The van der Waals surface area contributed by atoms with Crippen LogP contribution in [-0.4, -0.2) is 49.5 Å². The number of sulfonamides is 1. The van der Waals surface area contributed by atoms with Gasteiger partial charge in [0, 0.05) is 38.0 Å². The topological polar surface area (TPSA) is 92.8 Å². The van der Waals surface area contributed by atoms with E-state index in [0.29, 0.717) is 5.56 Å². The molecule has 1 N–H and O–H groups in total. The zero-order valence-corrected chi connectivity index (χ0v) is 15.9. The lowest BCUT2D eigenvalue weighted by atomic mass is 9.83. The summed E-state index contributed by atoms with van der Waals surface area (Å²) < 4.78 is 43.3. The van der Waals surface area contributed by atoms with E-state index in [9.17, 15) is 22.4 Å². The van der Waals surface area contributed by atoms with Crippen LogP contribution >= 0.6 is 0 Å². The summed E-state index contributed by atoms with van der Waals surface area (Å²) in [6.45, 7) is 2.06. The number of benzene rings is 1. The van der Waals surface area contributed by atoms with E-state index >= 15 is 0 Å². The zero-order chi connectivity index (χ0) is 19.8. The van der Waals surface area contributed by atoms with Crippen LogP contribution in [0.2, 0.25) is 0 Å². The number of nitrogens with zero attached hydrogens (tertiary/aromatic N) is 1. The van der Waals surface area contributed by atoms with Crippen molar-refractivity contribution in [2.45, 2.75) is 31.9 Å². The number of hydrogen-bond donors (Lipinski definition) is 1. The number of esters is 1. The predicted octanol–water partition coefficient (Wildman–Crippen LogP) is 1.11. The molecular weight excluding hydrogens is 375 g/mol. The summed E-state index contributed by atoms with van der Waals surface area (Å²) in [6, 6.07) is 5.73. The first-order chi connectivity index (χ1) is 12.6. The molecule has 3 rings (SSSR count). The summed E-state index contributed by atoms with van der Waals surface area (Å²) in [5, 5.41) is 2.74. The summed E-state index contributed by atoms with van der Waals surface area (Å²) >= 11 is 0. The quantitative estimate of drug-likeness (QED) is 0.770. The Balaban J connectivity index is 1.76. The molecule has 9 heteroatoms. The van der Waals surface area contributed by atoms with Crippen LogP contribution in [0, 0.1) is 5.82 Å². The molecule has 146 valence electrons. The minimum atomic E-state index is -3.34. The number of nitrogens with one attached hydrogen (secondary N) is 1. The van der Waals surface area contributed by atoms with Crippen molar-refractivity contribution in [1.29, 1.82) is 0 Å². The number of hydrogen-bond acceptors (Lipinski definition) is 5. The summed E-state index contributed by atoms with van der Waals surface area (Å²) in [6.07, 6.45) is 1.58. The van der Waals surface area contributed by atoms with Crippen molar-refractivity contribution in [1.82, 2.24) is 9.62 Å². The molecular formula is C18H21FN2O5S. The molecule has 1 spiro atoms. The van der Waals surface area contributed by atoms with Crippen molar-refractivity contribution in [2.75, 3.05) is 19.3 Å². The molecule has 1 amide bonds. The monoisotopic (exact) mass is 396 g/mol. The van der Waals surface area contributed by atoms with E-state index in [2.05, 4.69) is 5.32 Å². The van der Waals surface area contributed by atoms with E-state index in [1.165, 1.54) is 23.4 Å². The standard InChI is InChI=1S/C18H21FN2O5S/c1-12-15(16(22)20-11-13-3-5-14(19)6-4-13)18(26-17(12)23)7-9-21(10-8-18)27(2,24)25/h3-6H,7-11H2,1-2H3,(H,20,22). The summed E-state index contributed by atoms with van der Waals surface area (Å²) in [7, 11) is -3.34. The van der Waals surface area contributed by atoms with Crippen molar-refractivity contribution >= 4 is 21.9 Å². The van der Waals surface area contributed by atoms with Gasteiger partial charge in [0.25, 0.3) is 5.91 Å². The van der Waals surface area contributed by atoms with Gasteiger partial charge in [-0.15, -0.1) is 0 Å². The highest BCUT2D eigenvalue weighted by Crippen LogP contribution is 2.41. The Hall–Kier alpha value is -2.26. The van der Waals surface area contributed by atoms with Crippen LogP contribution in [0.4, 0.5) is 4.39 Å². The van der Waals surface area contributed by atoms with Crippen molar-refractivity contribution in [2.24, 2.45) is 0 Å². The second-order valence-corrected chi connectivity index (χ2v) is 8.84. The molecule has 0 radical (unpaired) electrons. The van der Waals surface area contributed by atoms with Crippen LogP contribution in [0.15, 0.2) is 35.4 Å². The average molecular weight is 396 g/mol. The summed E-state index contributed by atoms with van der Waals surface area (Å²) in [5.41, 5.74) is 0.103. The third-order valence-corrected chi connectivity index (χ3v) is 6.32. The molecule has 2 aliphatic heterocycles. The summed E-state index contributed by atoms with van der Waals surface area (Å²) in [5.74, 6) is -1.36. The van der Waals surface area contributed by atoms with Crippen molar-refractivity contribution < 1.29 is 27.1 Å². The molecule has 7 nitrogen and oxygen atoms in total. The Morgan fingerprint density at radius 3 is 2.41 bits per heavy atom. The van der Waals surface area contributed by atoms with Gasteiger partial charge in [0.15, 0.2) is 0 Å². The predicted molar refractivity (Wildman–Crippen MR) is 95.4 cm³/mol. The fraction of sp³-hybridized carbons (Fsp3) is 0.444. The van der Waals surface area contributed by atoms with E-state index < -0.39 is 27.5 Å². The molecule has 0 aromatic heterocycles. The van der Waals surface area contributed by atoms with Gasteiger partial charge in [0.1, 0.15) is 11.4 Å². The molecule has 27 heavy (non-hydrogen) atoms. The Bertz CT molecular complexity index is 900. The molecule has 2 heterocycles. The van der Waals surface area contributed by atoms with E-state index in [-0.39, 0.29) is 49.4 Å². The fourth-order valence-corrected chi connectivity index (χ4v) is 4.38. The lowest BCUT2D eigenvalue weighted by molar-refractivity contribution is -0.150. The van der Waals surface area contributed by atoms with E-state index in [1.807, 2.05) is 0 Å². The van der Waals surface area contributed by atoms with Gasteiger partial charge in [-0.25, -0.2) is 21.9 Å². The van der Waals surface area contributed by atoms with Crippen molar-refractivity contribution in [3.05, 3.63) is 46.8 Å². The average Bonchev–Trinajstić information content (AvgIpc) is 2.84. The molecule has 0 bridgehead atoms. The third kappa shape index (κ3) is 3.89. The van der Waals surface area contributed by atoms with Gasteiger partial charge in [0.2, 0.25) is 10.0 Å². The number of halogens is 1. The SMILES string of the molecule is CC1=C(C(=O)NCc2ccc(F)cc2)C2(CCN(S(C)(=O)=O)CC2)OC1=O. The van der Waals surface area contributed by atoms with Crippen LogP contribution in [0.5, 0.6) is 0 Å². The molecule has 1 aromatic rings. The number of rotatable bonds is 4. The minimum Gasteiger partial charge on any atom is -0.450 e. The Morgan fingerprint density at radius 1 is 1.26 bits per heavy atom. The number of carbonyl (C=O) groups is 2. The Kier molecular flexibility index (Phi) is 5.09. The van der Waals surface area contributed by atoms with E-state index in [4.69, 9.17) is 4.74 Å². The van der Waals surface area contributed by atoms with Gasteiger partial charge in [-0.3, -0.25) is 4.79 Å². The molecule has 0 saturated carbocycles. The molecule has 0 aliphatic carbocycles. The molecule has 0 unspecified atom stereocenters. The van der Waals surface area contributed by atoms with E-state index in [0.717, 1.165) is 6.26 Å². The first-order valence-electron chi connectivity index (χ1n) is 8.55. The molecule has 2 aliphatic rings. The van der Waals surface area contributed by atoms with Gasteiger partial charge in [-0.1, -0.05) is 12.1 Å². The zero-order valence-electron chi connectivity index (χ0n) is 15.1. The second kappa shape index (κ2) is 7.05. The maximum absolute atomic E-state index is 13.0. The van der Waals surface area contributed by atoms with Crippen molar-refractivity contribution in [3.8, 4) is 0 Å². The number of piperidine rings is 1. The van der Waals surface area contributed by atoms with Gasteiger partial charge < -0.3 is 10.1 Å². The second-order valence-electron chi connectivity index (χ2n) is 6.85. The van der Waals surface area contributed by atoms with Crippen LogP contribution in [0.3, 0.4) is 0 Å². The lowest BCUT2D eigenvalue weighted by Gasteiger charge is -2.38. The number of ether oxygens (including phenoxy) is 1. The maximum Gasteiger partial charge on any atom is 0.335 e. The highest BCUT2D eigenvalue weighted by atomic mass is 32.2. The Labute approximate surface area is 157 Å². The molecule has 1 aromatic carbocycles. The van der Waals surface area contributed by atoms with Crippen LogP contribution in [-0.2, 0) is 30.9 Å². The highest BCUT2D eigenvalue weighted by molar-refractivity contribution is 7.88. The van der Waals surface area contributed by atoms with E-state index in [1.54, 1.807) is 12.1 Å². The van der Waals surface area contributed by atoms with Gasteiger partial charge in [-0.2, -0.15) is 0 Å². The van der Waals surface area contributed by atoms with Gasteiger partial charge >= 0.3 is 5.97 Å². The van der Waals surface area contributed by atoms with Gasteiger partial charge in [-0.05, 0) is 24.6 Å². The molecule has 1 fully saturated rings. The van der Waals surface area contributed by atoms with Crippen LogP contribution < -0.4 is 5.32 Å².